The second kappa shape index (κ2) is 5.12. The van der Waals surface area contributed by atoms with E-state index in [0.717, 1.165) is 17.4 Å². The maximum absolute atomic E-state index is 12.1. The van der Waals surface area contributed by atoms with Crippen molar-refractivity contribution in [2.24, 2.45) is 0 Å². The van der Waals surface area contributed by atoms with E-state index in [-0.39, 0.29) is 15.6 Å². The van der Waals surface area contributed by atoms with Crippen LogP contribution in [0.15, 0.2) is 39.9 Å². The van der Waals surface area contributed by atoms with Crippen LogP contribution in [-0.2, 0) is 10.1 Å². The SMILES string of the molecule is COc1ccc(C(=O)c2csc(S(=O)(=O)O)c2)cc1. The minimum atomic E-state index is -4.26. The predicted molar refractivity (Wildman–Crippen MR) is 70.6 cm³/mol. The van der Waals surface area contributed by atoms with E-state index in [0.29, 0.717) is 11.3 Å². The van der Waals surface area contributed by atoms with Gasteiger partial charge in [0.15, 0.2) is 5.78 Å². The zero-order chi connectivity index (χ0) is 14.0. The summed E-state index contributed by atoms with van der Waals surface area (Å²) in [5.74, 6) is 0.314. The lowest BCUT2D eigenvalue weighted by Crippen LogP contribution is -2.00. The van der Waals surface area contributed by atoms with Crippen LogP contribution in [0.3, 0.4) is 0 Å². The molecular formula is C12H10O5S2. The molecule has 100 valence electrons. The number of carbonyl (C=O) groups excluding carboxylic acids is 1. The number of hydrogen-bond acceptors (Lipinski definition) is 5. The fraction of sp³-hybridized carbons (Fsp3) is 0.0833. The van der Waals surface area contributed by atoms with Crippen LogP contribution >= 0.6 is 11.3 Å². The van der Waals surface area contributed by atoms with Crippen molar-refractivity contribution in [1.82, 2.24) is 0 Å². The highest BCUT2D eigenvalue weighted by Crippen LogP contribution is 2.23. The Labute approximate surface area is 114 Å². The predicted octanol–water partition coefficient (Wildman–Crippen LogP) is 2.23. The number of hydrogen-bond donors (Lipinski definition) is 1. The average molecular weight is 298 g/mol. The van der Waals surface area contributed by atoms with Crippen LogP contribution in [0.4, 0.5) is 0 Å². The number of ketones is 1. The average Bonchev–Trinajstić information content (AvgIpc) is 2.87. The van der Waals surface area contributed by atoms with E-state index in [2.05, 4.69) is 0 Å². The maximum Gasteiger partial charge on any atom is 0.304 e. The molecule has 2 aromatic rings. The number of benzene rings is 1. The molecule has 1 heterocycles. The van der Waals surface area contributed by atoms with Crippen LogP contribution in [0.1, 0.15) is 15.9 Å². The van der Waals surface area contributed by atoms with Gasteiger partial charge in [0.2, 0.25) is 0 Å². The lowest BCUT2D eigenvalue weighted by molar-refractivity contribution is 0.103. The molecular weight excluding hydrogens is 288 g/mol. The van der Waals surface area contributed by atoms with E-state index in [1.165, 1.54) is 12.5 Å². The monoisotopic (exact) mass is 298 g/mol. The first-order valence-corrected chi connectivity index (χ1v) is 7.48. The molecule has 0 radical (unpaired) electrons. The Morgan fingerprint density at radius 3 is 2.32 bits per heavy atom. The number of methoxy groups -OCH3 is 1. The molecule has 0 aliphatic rings. The smallest absolute Gasteiger partial charge is 0.304 e. The standard InChI is InChI=1S/C12H10O5S2/c1-17-10-4-2-8(3-5-10)12(13)9-6-11(18-7-9)19(14,15)16/h2-7H,1H3,(H,14,15,16). The van der Waals surface area contributed by atoms with E-state index < -0.39 is 10.1 Å². The van der Waals surface area contributed by atoms with Gasteiger partial charge >= 0.3 is 10.1 Å². The summed E-state index contributed by atoms with van der Waals surface area (Å²) >= 11 is 0.804. The van der Waals surface area contributed by atoms with Gasteiger partial charge in [0, 0.05) is 16.5 Å². The van der Waals surface area contributed by atoms with E-state index in [1.807, 2.05) is 0 Å². The van der Waals surface area contributed by atoms with Gasteiger partial charge in [-0.15, -0.1) is 11.3 Å². The van der Waals surface area contributed by atoms with Gasteiger partial charge in [0.05, 0.1) is 7.11 Å². The Bertz CT molecular complexity index is 698. The normalized spacial score (nSPS) is 11.3. The van der Waals surface area contributed by atoms with Crippen LogP contribution in [0.2, 0.25) is 0 Å². The third-order valence-corrected chi connectivity index (χ3v) is 4.71. The summed E-state index contributed by atoms with van der Waals surface area (Å²) in [5, 5.41) is 1.40. The molecule has 2 rings (SSSR count). The van der Waals surface area contributed by atoms with Gasteiger partial charge in [0.25, 0.3) is 0 Å². The zero-order valence-electron chi connectivity index (χ0n) is 9.86. The highest BCUT2D eigenvalue weighted by atomic mass is 32.3. The third kappa shape index (κ3) is 3.01. The highest BCUT2D eigenvalue weighted by Gasteiger charge is 2.17. The van der Waals surface area contributed by atoms with Gasteiger partial charge in [-0.25, -0.2) is 0 Å². The topological polar surface area (TPSA) is 80.7 Å². The van der Waals surface area contributed by atoms with Crippen molar-refractivity contribution in [3.63, 3.8) is 0 Å². The fourth-order valence-corrected chi connectivity index (χ4v) is 3.00. The summed E-state index contributed by atoms with van der Waals surface area (Å²) < 4.78 is 35.5. The summed E-state index contributed by atoms with van der Waals surface area (Å²) in [7, 11) is -2.74. The molecule has 0 fully saturated rings. The van der Waals surface area contributed by atoms with Crippen molar-refractivity contribution in [3.8, 4) is 5.75 Å². The lowest BCUT2D eigenvalue weighted by atomic mass is 10.1. The van der Waals surface area contributed by atoms with Gasteiger partial charge in [-0.2, -0.15) is 8.42 Å². The van der Waals surface area contributed by atoms with Gasteiger partial charge in [-0.05, 0) is 30.3 Å². The van der Waals surface area contributed by atoms with Crippen molar-refractivity contribution in [3.05, 3.63) is 46.8 Å². The van der Waals surface area contributed by atoms with Gasteiger partial charge in [-0.1, -0.05) is 0 Å². The van der Waals surface area contributed by atoms with E-state index in [4.69, 9.17) is 9.29 Å². The first-order valence-electron chi connectivity index (χ1n) is 5.16. The van der Waals surface area contributed by atoms with Crippen LogP contribution < -0.4 is 4.74 Å². The molecule has 0 atom stereocenters. The number of rotatable bonds is 4. The van der Waals surface area contributed by atoms with Crippen molar-refractivity contribution in [2.75, 3.05) is 7.11 Å². The molecule has 1 N–H and O–H groups in total. The molecule has 19 heavy (non-hydrogen) atoms. The van der Waals surface area contributed by atoms with Gasteiger partial charge in [-0.3, -0.25) is 9.35 Å². The first-order chi connectivity index (χ1) is 8.91. The number of thiophene rings is 1. The van der Waals surface area contributed by atoms with Crippen LogP contribution in [0, 0.1) is 0 Å². The molecule has 0 bridgehead atoms. The largest absolute Gasteiger partial charge is 0.497 e. The number of carbonyl (C=O) groups is 1. The Kier molecular flexibility index (Phi) is 3.70. The highest BCUT2D eigenvalue weighted by molar-refractivity contribution is 7.88. The Morgan fingerprint density at radius 1 is 1.21 bits per heavy atom. The lowest BCUT2D eigenvalue weighted by Gasteiger charge is -2.01. The molecule has 0 spiro atoms. The van der Waals surface area contributed by atoms with Crippen molar-refractivity contribution in [1.29, 1.82) is 0 Å². The van der Waals surface area contributed by atoms with Crippen LogP contribution in [0.5, 0.6) is 5.75 Å². The van der Waals surface area contributed by atoms with Crippen molar-refractivity contribution in [2.45, 2.75) is 4.21 Å². The second-order valence-electron chi connectivity index (χ2n) is 3.69. The quantitative estimate of drug-likeness (QED) is 0.691. The molecule has 5 nitrogen and oxygen atoms in total. The Balaban J connectivity index is 2.31. The molecule has 1 aromatic heterocycles. The third-order valence-electron chi connectivity index (χ3n) is 2.44. The molecule has 1 aromatic carbocycles. The molecule has 0 aliphatic carbocycles. The zero-order valence-corrected chi connectivity index (χ0v) is 11.5. The Hall–Kier alpha value is -1.70. The van der Waals surface area contributed by atoms with E-state index in [1.54, 1.807) is 24.3 Å². The fourth-order valence-electron chi connectivity index (χ4n) is 1.48. The summed E-state index contributed by atoms with van der Waals surface area (Å²) in [4.78, 5) is 12.1. The molecule has 0 saturated carbocycles. The minimum Gasteiger partial charge on any atom is -0.497 e. The molecule has 7 heteroatoms. The molecule has 0 saturated heterocycles. The first kappa shape index (κ1) is 13.7. The second-order valence-corrected chi connectivity index (χ2v) is 6.25. The summed E-state index contributed by atoms with van der Waals surface area (Å²) in [6.07, 6.45) is 0. The molecule has 0 amide bonds. The maximum atomic E-state index is 12.1. The molecule has 0 aliphatic heterocycles. The summed E-state index contributed by atoms with van der Waals surface area (Å²) in [6.45, 7) is 0. The van der Waals surface area contributed by atoms with Crippen molar-refractivity contribution < 1.29 is 22.5 Å². The van der Waals surface area contributed by atoms with Gasteiger partial charge in [0.1, 0.15) is 9.96 Å². The molecule has 0 unspecified atom stereocenters. The summed E-state index contributed by atoms with van der Waals surface area (Å²) in [5.41, 5.74) is 0.642. The Morgan fingerprint density at radius 2 is 1.84 bits per heavy atom. The van der Waals surface area contributed by atoms with Crippen molar-refractivity contribution >= 4 is 27.2 Å². The van der Waals surface area contributed by atoms with E-state index in [9.17, 15) is 13.2 Å². The number of ether oxygens (including phenoxy) is 1. The van der Waals surface area contributed by atoms with Crippen LogP contribution in [0.25, 0.3) is 0 Å². The van der Waals surface area contributed by atoms with Gasteiger partial charge < -0.3 is 4.74 Å². The minimum absolute atomic E-state index is 0.225. The van der Waals surface area contributed by atoms with E-state index >= 15 is 0 Å². The summed E-state index contributed by atoms with van der Waals surface area (Å²) in [6, 6.07) is 7.62. The van der Waals surface area contributed by atoms with Crippen LogP contribution in [-0.4, -0.2) is 25.9 Å².